The van der Waals surface area contributed by atoms with Crippen molar-refractivity contribution >= 4 is 5.78 Å². The van der Waals surface area contributed by atoms with Crippen LogP contribution in [0.2, 0.25) is 0 Å². The highest BCUT2D eigenvalue weighted by atomic mass is 16.3. The van der Waals surface area contributed by atoms with Crippen LogP contribution in [-0.2, 0) is 6.54 Å². The lowest BCUT2D eigenvalue weighted by molar-refractivity contribution is 0.0903. The molecule has 0 heterocycles. The summed E-state index contributed by atoms with van der Waals surface area (Å²) >= 11 is 0. The Bertz CT molecular complexity index is 321. The van der Waals surface area contributed by atoms with Crippen LogP contribution in [0.4, 0.5) is 0 Å². The fourth-order valence-corrected chi connectivity index (χ4v) is 1.30. The van der Waals surface area contributed by atoms with Gasteiger partial charge < -0.3 is 10.0 Å². The van der Waals surface area contributed by atoms with E-state index in [2.05, 4.69) is 0 Å². The van der Waals surface area contributed by atoms with E-state index in [0.29, 0.717) is 5.56 Å². The first kappa shape index (κ1) is 10.9. The summed E-state index contributed by atoms with van der Waals surface area (Å²) in [6.45, 7) is 0.373. The highest BCUT2D eigenvalue weighted by Crippen LogP contribution is 2.07. The van der Waals surface area contributed by atoms with Gasteiger partial charge in [-0.1, -0.05) is 18.2 Å². The molecule has 0 aromatic heterocycles. The van der Waals surface area contributed by atoms with Crippen molar-refractivity contribution in [1.82, 2.24) is 4.90 Å². The summed E-state index contributed by atoms with van der Waals surface area (Å²) in [6.07, 6.45) is 0. The smallest absolute Gasteiger partial charge is 0.188 e. The standard InChI is InChI=1S/C11H15NO2/c1-12(2)7-9-4-3-5-10(6-9)11(14)8-13/h3-6,13H,7-8H2,1-2H3. The molecule has 0 aliphatic carbocycles. The maximum Gasteiger partial charge on any atom is 0.188 e. The quantitative estimate of drug-likeness (QED) is 0.723. The van der Waals surface area contributed by atoms with Gasteiger partial charge in [0.2, 0.25) is 0 Å². The lowest BCUT2D eigenvalue weighted by Gasteiger charge is -2.10. The van der Waals surface area contributed by atoms with Crippen molar-refractivity contribution in [2.75, 3.05) is 20.7 Å². The molecule has 76 valence electrons. The second-order valence-electron chi connectivity index (χ2n) is 3.52. The van der Waals surface area contributed by atoms with Crippen LogP contribution in [0.1, 0.15) is 15.9 Å². The van der Waals surface area contributed by atoms with E-state index in [1.165, 1.54) is 0 Å². The minimum Gasteiger partial charge on any atom is -0.388 e. The molecular weight excluding hydrogens is 178 g/mol. The van der Waals surface area contributed by atoms with Crippen LogP contribution in [0.25, 0.3) is 0 Å². The Morgan fingerprint density at radius 3 is 2.71 bits per heavy atom. The molecule has 0 unspecified atom stereocenters. The Morgan fingerprint density at radius 2 is 2.14 bits per heavy atom. The molecule has 0 aliphatic heterocycles. The molecular formula is C11H15NO2. The molecule has 14 heavy (non-hydrogen) atoms. The van der Waals surface area contributed by atoms with Crippen LogP contribution in [-0.4, -0.2) is 36.5 Å². The van der Waals surface area contributed by atoms with Crippen molar-refractivity contribution < 1.29 is 9.90 Å². The molecule has 0 radical (unpaired) electrons. The van der Waals surface area contributed by atoms with Gasteiger partial charge in [0.05, 0.1) is 0 Å². The zero-order valence-electron chi connectivity index (χ0n) is 8.53. The van der Waals surface area contributed by atoms with Gasteiger partial charge >= 0.3 is 0 Å². The van der Waals surface area contributed by atoms with E-state index >= 15 is 0 Å². The zero-order chi connectivity index (χ0) is 10.6. The monoisotopic (exact) mass is 193 g/mol. The van der Waals surface area contributed by atoms with E-state index in [0.717, 1.165) is 12.1 Å². The second-order valence-corrected chi connectivity index (χ2v) is 3.52. The lowest BCUT2D eigenvalue weighted by Crippen LogP contribution is -2.11. The van der Waals surface area contributed by atoms with E-state index in [9.17, 15) is 4.79 Å². The van der Waals surface area contributed by atoms with E-state index in [4.69, 9.17) is 5.11 Å². The number of hydrogen-bond donors (Lipinski definition) is 1. The molecule has 1 rings (SSSR count). The van der Waals surface area contributed by atoms with Crippen molar-refractivity contribution in [2.45, 2.75) is 6.54 Å². The first-order valence-electron chi connectivity index (χ1n) is 4.51. The highest BCUT2D eigenvalue weighted by Gasteiger charge is 2.04. The van der Waals surface area contributed by atoms with Crippen molar-refractivity contribution in [3.8, 4) is 0 Å². The van der Waals surface area contributed by atoms with Crippen LogP contribution < -0.4 is 0 Å². The van der Waals surface area contributed by atoms with Crippen LogP contribution in [0, 0.1) is 0 Å². The Kier molecular flexibility index (Phi) is 3.80. The van der Waals surface area contributed by atoms with Gasteiger partial charge in [0.25, 0.3) is 0 Å². The van der Waals surface area contributed by atoms with Crippen molar-refractivity contribution in [2.24, 2.45) is 0 Å². The largest absolute Gasteiger partial charge is 0.388 e. The van der Waals surface area contributed by atoms with Gasteiger partial charge in [-0.3, -0.25) is 4.79 Å². The molecule has 0 bridgehead atoms. The van der Waals surface area contributed by atoms with Crippen LogP contribution in [0.5, 0.6) is 0 Å². The summed E-state index contributed by atoms with van der Waals surface area (Å²) in [4.78, 5) is 13.2. The van der Waals surface area contributed by atoms with Gasteiger partial charge in [0, 0.05) is 12.1 Å². The molecule has 3 heteroatoms. The molecule has 1 N–H and O–H groups in total. The molecule has 0 aliphatic rings. The van der Waals surface area contributed by atoms with E-state index in [-0.39, 0.29) is 5.78 Å². The van der Waals surface area contributed by atoms with Crippen molar-refractivity contribution in [3.05, 3.63) is 35.4 Å². The Labute approximate surface area is 84.0 Å². The summed E-state index contributed by atoms with van der Waals surface area (Å²) in [5, 5.41) is 8.70. The summed E-state index contributed by atoms with van der Waals surface area (Å²) < 4.78 is 0. The number of aliphatic hydroxyl groups is 1. The maximum absolute atomic E-state index is 11.2. The predicted molar refractivity (Wildman–Crippen MR) is 55.2 cm³/mol. The summed E-state index contributed by atoms with van der Waals surface area (Å²) in [7, 11) is 3.95. The highest BCUT2D eigenvalue weighted by molar-refractivity contribution is 5.97. The average molecular weight is 193 g/mol. The Morgan fingerprint density at radius 1 is 1.43 bits per heavy atom. The third-order valence-electron chi connectivity index (χ3n) is 1.89. The molecule has 0 fully saturated rings. The molecule has 0 saturated carbocycles. The maximum atomic E-state index is 11.2. The van der Waals surface area contributed by atoms with Gasteiger partial charge in [0.15, 0.2) is 5.78 Å². The third kappa shape index (κ3) is 2.94. The number of carbonyl (C=O) groups excluding carboxylic acids is 1. The molecule has 0 amide bonds. The van der Waals surface area contributed by atoms with Gasteiger partial charge in [-0.05, 0) is 25.7 Å². The topological polar surface area (TPSA) is 40.5 Å². The number of carbonyl (C=O) groups is 1. The van der Waals surface area contributed by atoms with E-state index in [1.807, 2.05) is 37.2 Å². The Balaban J connectivity index is 2.84. The van der Waals surface area contributed by atoms with Crippen LogP contribution in [0.3, 0.4) is 0 Å². The third-order valence-corrected chi connectivity index (χ3v) is 1.89. The first-order valence-corrected chi connectivity index (χ1v) is 4.51. The predicted octanol–water partition coefficient (Wildman–Crippen LogP) is 0.923. The number of ketones is 1. The number of hydrogen-bond acceptors (Lipinski definition) is 3. The van der Waals surface area contributed by atoms with Gasteiger partial charge in [-0.15, -0.1) is 0 Å². The van der Waals surface area contributed by atoms with Crippen LogP contribution in [0.15, 0.2) is 24.3 Å². The lowest BCUT2D eigenvalue weighted by atomic mass is 10.1. The molecule has 0 atom stereocenters. The molecule has 3 nitrogen and oxygen atoms in total. The number of benzene rings is 1. The molecule has 0 saturated heterocycles. The van der Waals surface area contributed by atoms with Crippen molar-refractivity contribution in [3.63, 3.8) is 0 Å². The fourth-order valence-electron chi connectivity index (χ4n) is 1.30. The minimum absolute atomic E-state index is 0.231. The van der Waals surface area contributed by atoms with Crippen LogP contribution >= 0.6 is 0 Å². The molecule has 1 aromatic rings. The van der Waals surface area contributed by atoms with E-state index in [1.54, 1.807) is 6.07 Å². The average Bonchev–Trinajstić information content (AvgIpc) is 2.16. The molecule has 0 spiro atoms. The van der Waals surface area contributed by atoms with Gasteiger partial charge in [-0.25, -0.2) is 0 Å². The normalized spacial score (nSPS) is 10.6. The second kappa shape index (κ2) is 4.88. The fraction of sp³-hybridized carbons (Fsp3) is 0.364. The minimum atomic E-state index is -0.425. The van der Waals surface area contributed by atoms with Gasteiger partial charge in [0.1, 0.15) is 6.61 Å². The summed E-state index contributed by atoms with van der Waals surface area (Å²) in [5.41, 5.74) is 1.65. The number of nitrogens with zero attached hydrogens (tertiary/aromatic N) is 1. The first-order chi connectivity index (χ1) is 6.63. The number of Topliss-reactive ketones (excluding diaryl/α,β-unsaturated/α-hetero) is 1. The SMILES string of the molecule is CN(C)Cc1cccc(C(=O)CO)c1. The van der Waals surface area contributed by atoms with Crippen molar-refractivity contribution in [1.29, 1.82) is 0 Å². The zero-order valence-corrected chi connectivity index (χ0v) is 8.53. The number of rotatable bonds is 4. The number of aliphatic hydroxyl groups excluding tert-OH is 1. The molecule has 1 aromatic carbocycles. The van der Waals surface area contributed by atoms with Gasteiger partial charge in [-0.2, -0.15) is 0 Å². The summed E-state index contributed by atoms with van der Waals surface area (Å²) in [6, 6.07) is 7.34. The van der Waals surface area contributed by atoms with E-state index < -0.39 is 6.61 Å². The Hall–Kier alpha value is -1.19. The summed E-state index contributed by atoms with van der Waals surface area (Å²) in [5.74, 6) is -0.231.